The van der Waals surface area contributed by atoms with Crippen molar-refractivity contribution in [3.63, 3.8) is 0 Å². The maximum absolute atomic E-state index is 11.6. The number of nitrogens with zero attached hydrogens (tertiary/aromatic N) is 1. The molecule has 5 nitrogen and oxygen atoms in total. The lowest BCUT2D eigenvalue weighted by molar-refractivity contribution is -0.141. The third kappa shape index (κ3) is 5.39. The number of esters is 1. The van der Waals surface area contributed by atoms with Crippen molar-refractivity contribution >= 4 is 5.97 Å². The summed E-state index contributed by atoms with van der Waals surface area (Å²) in [5, 5.41) is 10.8. The lowest BCUT2D eigenvalue weighted by Crippen LogP contribution is -2.36. The van der Waals surface area contributed by atoms with Crippen LogP contribution in [0.3, 0.4) is 0 Å². The number of carbonyl (C=O) groups is 1. The number of hydrogen-bond acceptors (Lipinski definition) is 5. The summed E-state index contributed by atoms with van der Waals surface area (Å²) in [6, 6.07) is 20.0. The first-order valence-electron chi connectivity index (χ1n) is 9.35. The SMILES string of the molecule is COC(=O)CC[C@@H]1[C@@H](O)[C@H](OCc2ccccc2)CN1Cc1ccccc1. The standard InChI is InChI=1S/C22H27NO4/c1-26-21(24)13-12-19-22(25)20(27-16-18-10-6-3-7-11-18)15-23(19)14-17-8-4-2-5-9-17/h2-11,19-20,22,25H,12-16H2,1H3/t19-,20-,22-/m1/s1. The van der Waals surface area contributed by atoms with E-state index < -0.39 is 6.10 Å². The second-order valence-corrected chi connectivity index (χ2v) is 6.92. The van der Waals surface area contributed by atoms with Crippen molar-refractivity contribution in [3.8, 4) is 0 Å². The third-order valence-corrected chi connectivity index (χ3v) is 5.07. The summed E-state index contributed by atoms with van der Waals surface area (Å²) in [4.78, 5) is 13.8. The van der Waals surface area contributed by atoms with Crippen LogP contribution >= 0.6 is 0 Å². The van der Waals surface area contributed by atoms with Crippen LogP contribution in [0, 0.1) is 0 Å². The molecule has 2 aromatic carbocycles. The molecule has 0 bridgehead atoms. The number of benzene rings is 2. The van der Waals surface area contributed by atoms with Crippen LogP contribution in [-0.2, 0) is 27.4 Å². The quantitative estimate of drug-likeness (QED) is 0.725. The lowest BCUT2D eigenvalue weighted by Gasteiger charge is -2.25. The number of hydrogen-bond donors (Lipinski definition) is 1. The van der Waals surface area contributed by atoms with Gasteiger partial charge in [-0.1, -0.05) is 60.7 Å². The van der Waals surface area contributed by atoms with Crippen molar-refractivity contribution in [1.82, 2.24) is 4.90 Å². The molecule has 0 radical (unpaired) electrons. The van der Waals surface area contributed by atoms with E-state index >= 15 is 0 Å². The Balaban J connectivity index is 1.66. The molecule has 0 amide bonds. The Bertz CT molecular complexity index is 707. The molecule has 0 aromatic heterocycles. The maximum atomic E-state index is 11.6. The second-order valence-electron chi connectivity index (χ2n) is 6.92. The van der Waals surface area contributed by atoms with E-state index in [1.165, 1.54) is 12.7 Å². The fourth-order valence-electron chi connectivity index (χ4n) is 3.59. The zero-order chi connectivity index (χ0) is 19.1. The predicted molar refractivity (Wildman–Crippen MR) is 103 cm³/mol. The molecule has 0 unspecified atom stereocenters. The Morgan fingerprint density at radius 2 is 1.70 bits per heavy atom. The summed E-state index contributed by atoms with van der Waals surface area (Å²) in [6.45, 7) is 1.81. The van der Waals surface area contributed by atoms with Crippen molar-refractivity contribution in [3.05, 3.63) is 71.8 Å². The van der Waals surface area contributed by atoms with Gasteiger partial charge >= 0.3 is 5.97 Å². The minimum absolute atomic E-state index is 0.134. The van der Waals surface area contributed by atoms with Crippen LogP contribution in [0.4, 0.5) is 0 Å². The second kappa shape index (κ2) is 9.65. The monoisotopic (exact) mass is 369 g/mol. The van der Waals surface area contributed by atoms with Gasteiger partial charge in [-0.05, 0) is 17.5 Å². The molecule has 5 heteroatoms. The number of likely N-dealkylation sites (tertiary alicyclic amines) is 1. The molecule has 1 aliphatic heterocycles. The molecule has 3 atom stereocenters. The smallest absolute Gasteiger partial charge is 0.305 e. The average Bonchev–Trinajstić information content (AvgIpc) is 3.00. The van der Waals surface area contributed by atoms with Gasteiger partial charge in [0.1, 0.15) is 0 Å². The normalized spacial score (nSPS) is 22.7. The van der Waals surface area contributed by atoms with Crippen molar-refractivity contribution in [2.24, 2.45) is 0 Å². The van der Waals surface area contributed by atoms with Gasteiger partial charge in [0.05, 0.1) is 25.9 Å². The number of aliphatic hydroxyl groups is 1. The van der Waals surface area contributed by atoms with Gasteiger partial charge in [-0.25, -0.2) is 0 Å². The van der Waals surface area contributed by atoms with E-state index in [4.69, 9.17) is 9.47 Å². The minimum Gasteiger partial charge on any atom is -0.469 e. The number of carbonyl (C=O) groups excluding carboxylic acids is 1. The summed E-state index contributed by atoms with van der Waals surface area (Å²) in [6.07, 6.45) is -0.0838. The zero-order valence-corrected chi connectivity index (χ0v) is 15.7. The van der Waals surface area contributed by atoms with Gasteiger partial charge in [-0.3, -0.25) is 9.69 Å². The van der Waals surface area contributed by atoms with Crippen LogP contribution in [0.5, 0.6) is 0 Å². The van der Waals surface area contributed by atoms with Crippen LogP contribution in [0.1, 0.15) is 24.0 Å². The summed E-state index contributed by atoms with van der Waals surface area (Å²) < 4.78 is 10.8. The molecule has 1 fully saturated rings. The minimum atomic E-state index is -0.637. The van der Waals surface area contributed by atoms with Crippen LogP contribution in [0.2, 0.25) is 0 Å². The Morgan fingerprint density at radius 1 is 1.07 bits per heavy atom. The van der Waals surface area contributed by atoms with E-state index in [-0.39, 0.29) is 24.5 Å². The van der Waals surface area contributed by atoms with Gasteiger partial charge in [0.15, 0.2) is 0 Å². The molecule has 2 aromatic rings. The van der Waals surface area contributed by atoms with E-state index in [0.717, 1.165) is 12.1 Å². The highest BCUT2D eigenvalue weighted by atomic mass is 16.5. The van der Waals surface area contributed by atoms with Crippen LogP contribution < -0.4 is 0 Å². The number of methoxy groups -OCH3 is 1. The Hall–Kier alpha value is -2.21. The molecule has 144 valence electrons. The first kappa shape index (κ1) is 19.5. The molecular formula is C22H27NO4. The topological polar surface area (TPSA) is 59.0 Å². The van der Waals surface area contributed by atoms with Gasteiger partial charge in [0.2, 0.25) is 0 Å². The van der Waals surface area contributed by atoms with Crippen molar-refractivity contribution < 1.29 is 19.4 Å². The molecular weight excluding hydrogens is 342 g/mol. The Kier molecular flexibility index (Phi) is 6.98. The Morgan fingerprint density at radius 3 is 2.33 bits per heavy atom. The van der Waals surface area contributed by atoms with Gasteiger partial charge in [-0.2, -0.15) is 0 Å². The average molecular weight is 369 g/mol. The van der Waals surface area contributed by atoms with E-state index in [9.17, 15) is 9.90 Å². The molecule has 3 rings (SSSR count). The maximum Gasteiger partial charge on any atom is 0.305 e. The van der Waals surface area contributed by atoms with Crippen LogP contribution in [0.15, 0.2) is 60.7 Å². The van der Waals surface area contributed by atoms with Crippen LogP contribution in [-0.4, -0.2) is 47.9 Å². The third-order valence-electron chi connectivity index (χ3n) is 5.07. The molecule has 1 saturated heterocycles. The molecule has 1 aliphatic rings. The molecule has 1 heterocycles. The fourth-order valence-corrected chi connectivity index (χ4v) is 3.59. The molecule has 0 spiro atoms. The van der Waals surface area contributed by atoms with E-state index in [2.05, 4.69) is 17.0 Å². The van der Waals surface area contributed by atoms with Crippen molar-refractivity contribution in [2.75, 3.05) is 13.7 Å². The summed E-state index contributed by atoms with van der Waals surface area (Å²) in [7, 11) is 1.39. The van der Waals surface area contributed by atoms with Gasteiger partial charge in [0.25, 0.3) is 0 Å². The zero-order valence-electron chi connectivity index (χ0n) is 15.7. The molecule has 0 saturated carbocycles. The van der Waals surface area contributed by atoms with E-state index in [1.807, 2.05) is 48.5 Å². The lowest BCUT2D eigenvalue weighted by atomic mass is 10.0. The summed E-state index contributed by atoms with van der Waals surface area (Å²) >= 11 is 0. The largest absolute Gasteiger partial charge is 0.469 e. The predicted octanol–water partition coefficient (Wildman–Crippen LogP) is 2.77. The Labute approximate surface area is 160 Å². The number of ether oxygens (including phenoxy) is 2. The van der Waals surface area contributed by atoms with E-state index in [1.54, 1.807) is 0 Å². The highest BCUT2D eigenvalue weighted by Crippen LogP contribution is 2.27. The fraction of sp³-hybridized carbons (Fsp3) is 0.409. The number of aliphatic hydroxyl groups excluding tert-OH is 1. The van der Waals surface area contributed by atoms with Crippen LogP contribution in [0.25, 0.3) is 0 Å². The summed E-state index contributed by atoms with van der Waals surface area (Å²) in [5.74, 6) is -0.254. The molecule has 27 heavy (non-hydrogen) atoms. The van der Waals surface area contributed by atoms with Crippen molar-refractivity contribution in [2.45, 2.75) is 44.2 Å². The highest BCUT2D eigenvalue weighted by Gasteiger charge is 2.41. The van der Waals surface area contributed by atoms with E-state index in [0.29, 0.717) is 19.6 Å². The van der Waals surface area contributed by atoms with Gasteiger partial charge < -0.3 is 14.6 Å². The van der Waals surface area contributed by atoms with Crippen molar-refractivity contribution in [1.29, 1.82) is 0 Å². The highest BCUT2D eigenvalue weighted by molar-refractivity contribution is 5.69. The molecule has 1 N–H and O–H groups in total. The summed E-state index contributed by atoms with van der Waals surface area (Å²) in [5.41, 5.74) is 2.26. The first-order valence-corrected chi connectivity index (χ1v) is 9.35. The van der Waals surface area contributed by atoms with Gasteiger partial charge in [-0.15, -0.1) is 0 Å². The number of rotatable bonds is 8. The van der Waals surface area contributed by atoms with Gasteiger partial charge in [0, 0.05) is 25.6 Å². The molecule has 0 aliphatic carbocycles. The first-order chi connectivity index (χ1) is 13.2.